The van der Waals surface area contributed by atoms with E-state index in [1.165, 1.54) is 16.5 Å². The number of hydrogen-bond donors (Lipinski definition) is 3. The van der Waals surface area contributed by atoms with Crippen LogP contribution in [0.2, 0.25) is 0 Å². The molecular weight excluding hydrogens is 722 g/mol. The number of carbonyl (C=O) groups excluding carboxylic acids is 4. The molecule has 3 N–H and O–H groups in total. The Bertz CT molecular complexity index is 2120. The lowest BCUT2D eigenvalue weighted by Crippen LogP contribution is -2.51. The molecule has 2 heterocycles. The summed E-state index contributed by atoms with van der Waals surface area (Å²) in [5.41, 5.74) is 5.55. The average Bonchev–Trinajstić information content (AvgIpc) is 3.63. The maximum Gasteiger partial charge on any atom is 0.411 e. The zero-order valence-corrected chi connectivity index (χ0v) is 33.1. The summed E-state index contributed by atoms with van der Waals surface area (Å²) in [7, 11) is 0. The van der Waals surface area contributed by atoms with Gasteiger partial charge >= 0.3 is 6.09 Å². The molecule has 298 valence electrons. The highest BCUT2D eigenvalue weighted by atomic mass is 19.1. The maximum absolute atomic E-state index is 14.9. The van der Waals surface area contributed by atoms with Crippen LogP contribution in [-0.4, -0.2) is 63.9 Å². The van der Waals surface area contributed by atoms with Crippen molar-refractivity contribution in [3.8, 4) is 0 Å². The van der Waals surface area contributed by atoms with Crippen LogP contribution in [0.15, 0.2) is 97.1 Å². The number of halogens is 1. The number of benzene rings is 4. The van der Waals surface area contributed by atoms with E-state index < -0.39 is 29.8 Å². The zero-order chi connectivity index (χ0) is 40.3. The van der Waals surface area contributed by atoms with Crippen molar-refractivity contribution in [1.82, 2.24) is 25.8 Å². The smallest absolute Gasteiger partial charge is 0.411 e. The number of aryl methyl sites for hydroxylation is 1. The molecule has 2 unspecified atom stereocenters. The van der Waals surface area contributed by atoms with Crippen molar-refractivity contribution in [3.63, 3.8) is 0 Å². The van der Waals surface area contributed by atoms with Crippen LogP contribution in [0.4, 0.5) is 9.18 Å². The van der Waals surface area contributed by atoms with Gasteiger partial charge in [0.1, 0.15) is 17.5 Å². The first-order chi connectivity index (χ1) is 27.3. The van der Waals surface area contributed by atoms with Crippen molar-refractivity contribution in [2.75, 3.05) is 6.54 Å². The second kappa shape index (κ2) is 16.9. The van der Waals surface area contributed by atoms with Gasteiger partial charge in [0.05, 0.1) is 12.1 Å². The van der Waals surface area contributed by atoms with Crippen LogP contribution in [0.5, 0.6) is 0 Å². The van der Waals surface area contributed by atoms with E-state index in [-0.39, 0.29) is 55.1 Å². The van der Waals surface area contributed by atoms with E-state index in [9.17, 15) is 23.6 Å². The number of amides is 4. The number of rotatable bonds is 9. The van der Waals surface area contributed by atoms with Crippen LogP contribution in [0.3, 0.4) is 0 Å². The SMILES string of the molecule is C[C@H](c1ccccc1F)N1Cc2ccccc2C[C@H]1C(=O)NCc1ccc(C(=O)NC2CC(C(=O)N[C@@H]3CCCc4ccccc43)N(C(=O)OC(C)(C)C)C2)cc1. The molecule has 0 saturated carbocycles. The van der Waals surface area contributed by atoms with Crippen LogP contribution in [0, 0.1) is 5.82 Å². The highest BCUT2D eigenvalue weighted by Gasteiger charge is 2.43. The van der Waals surface area contributed by atoms with Gasteiger partial charge < -0.3 is 20.7 Å². The van der Waals surface area contributed by atoms with Gasteiger partial charge in [-0.3, -0.25) is 24.2 Å². The molecule has 1 aliphatic carbocycles. The van der Waals surface area contributed by atoms with Crippen molar-refractivity contribution < 1.29 is 28.3 Å². The first kappa shape index (κ1) is 39.7. The number of carbonyl (C=O) groups is 4. The summed E-state index contributed by atoms with van der Waals surface area (Å²) >= 11 is 0. The second-order valence-corrected chi connectivity index (χ2v) is 16.5. The molecule has 57 heavy (non-hydrogen) atoms. The van der Waals surface area contributed by atoms with E-state index in [4.69, 9.17) is 4.74 Å². The van der Waals surface area contributed by atoms with E-state index in [0.29, 0.717) is 24.1 Å². The Hall–Kier alpha value is -5.55. The molecule has 0 bridgehead atoms. The molecule has 2 aliphatic heterocycles. The van der Waals surface area contributed by atoms with E-state index in [2.05, 4.69) is 33.0 Å². The number of likely N-dealkylation sites (tertiary alicyclic amines) is 1. The molecule has 0 spiro atoms. The summed E-state index contributed by atoms with van der Waals surface area (Å²) in [6, 6.07) is 27.6. The molecule has 7 rings (SSSR count). The number of nitrogens with one attached hydrogen (secondary N) is 3. The summed E-state index contributed by atoms with van der Waals surface area (Å²) in [5.74, 6) is -1.06. The lowest BCUT2D eigenvalue weighted by Gasteiger charge is -2.40. The molecule has 0 aromatic heterocycles. The van der Waals surface area contributed by atoms with Crippen molar-refractivity contribution in [3.05, 3.63) is 142 Å². The van der Waals surface area contributed by atoms with Crippen molar-refractivity contribution in [2.45, 2.75) is 109 Å². The summed E-state index contributed by atoms with van der Waals surface area (Å²) in [6.45, 7) is 8.16. The van der Waals surface area contributed by atoms with Crippen molar-refractivity contribution in [2.24, 2.45) is 0 Å². The molecule has 11 heteroatoms. The second-order valence-electron chi connectivity index (χ2n) is 16.5. The van der Waals surface area contributed by atoms with Gasteiger partial charge in [-0.05, 0) is 106 Å². The first-order valence-corrected chi connectivity index (χ1v) is 20.0. The molecule has 1 saturated heterocycles. The summed E-state index contributed by atoms with van der Waals surface area (Å²) in [5, 5.41) is 9.30. The van der Waals surface area contributed by atoms with Crippen LogP contribution in [0.25, 0.3) is 0 Å². The molecule has 5 atom stereocenters. The number of ether oxygens (including phenoxy) is 1. The highest BCUT2D eigenvalue weighted by Crippen LogP contribution is 2.33. The van der Waals surface area contributed by atoms with Crippen LogP contribution < -0.4 is 16.0 Å². The van der Waals surface area contributed by atoms with E-state index in [1.54, 1.807) is 57.2 Å². The minimum absolute atomic E-state index is 0.127. The third kappa shape index (κ3) is 9.20. The predicted molar refractivity (Wildman–Crippen MR) is 215 cm³/mol. The number of nitrogens with zero attached hydrogens (tertiary/aromatic N) is 2. The quantitative estimate of drug-likeness (QED) is 0.170. The average molecular weight is 774 g/mol. The lowest BCUT2D eigenvalue weighted by atomic mass is 9.87. The molecule has 0 radical (unpaired) electrons. The molecule has 3 aliphatic rings. The topological polar surface area (TPSA) is 120 Å². The monoisotopic (exact) mass is 773 g/mol. The van der Waals surface area contributed by atoms with Gasteiger partial charge in [-0.25, -0.2) is 9.18 Å². The fourth-order valence-corrected chi connectivity index (χ4v) is 8.42. The van der Waals surface area contributed by atoms with Gasteiger partial charge in [0, 0.05) is 42.8 Å². The van der Waals surface area contributed by atoms with Crippen LogP contribution >= 0.6 is 0 Å². The van der Waals surface area contributed by atoms with Gasteiger partial charge in [-0.15, -0.1) is 0 Å². The fourth-order valence-electron chi connectivity index (χ4n) is 8.42. The number of hydrogen-bond acceptors (Lipinski definition) is 6. The Morgan fingerprint density at radius 1 is 0.825 bits per heavy atom. The van der Waals surface area contributed by atoms with E-state index >= 15 is 0 Å². The molecule has 10 nitrogen and oxygen atoms in total. The summed E-state index contributed by atoms with van der Waals surface area (Å²) in [4.78, 5) is 58.0. The minimum Gasteiger partial charge on any atom is -0.444 e. The third-order valence-electron chi connectivity index (χ3n) is 11.4. The Kier molecular flexibility index (Phi) is 11.8. The standard InChI is InChI=1S/C46H52FN5O5/c1-29(36-16-9-10-18-38(36)47)51-27-34-14-6-5-13-33(34)24-40(51)43(54)48-26-30-20-22-32(23-21-30)42(53)49-35-25-41(52(28-35)45(56)57-46(2,3)4)44(55)50-39-19-11-15-31-12-7-8-17-37(31)39/h5-10,12-14,16-18,20-23,29,35,39-41H,11,15,19,24-28H2,1-4H3,(H,48,54)(H,49,53)(H,50,55)/t29-,35?,39-,40+,41?/m1/s1. The fraction of sp³-hybridized carbons (Fsp3) is 0.391. The van der Waals surface area contributed by atoms with Gasteiger partial charge in [0.25, 0.3) is 5.91 Å². The van der Waals surface area contributed by atoms with Gasteiger partial charge in [0.15, 0.2) is 0 Å². The Labute approximate surface area is 334 Å². The van der Waals surface area contributed by atoms with Gasteiger partial charge in [-0.1, -0.05) is 78.9 Å². The minimum atomic E-state index is -0.812. The Balaban J connectivity index is 0.983. The van der Waals surface area contributed by atoms with Crippen molar-refractivity contribution >= 4 is 23.8 Å². The van der Waals surface area contributed by atoms with Crippen molar-refractivity contribution in [1.29, 1.82) is 0 Å². The van der Waals surface area contributed by atoms with Crippen LogP contribution in [0.1, 0.15) is 103 Å². The van der Waals surface area contributed by atoms with E-state index in [1.807, 2.05) is 49.4 Å². The number of fused-ring (bicyclic) bond motifs is 2. The van der Waals surface area contributed by atoms with Crippen LogP contribution in [-0.2, 0) is 40.3 Å². The molecule has 4 aromatic rings. The zero-order valence-electron chi connectivity index (χ0n) is 33.1. The molecule has 4 aromatic carbocycles. The molecular formula is C46H52FN5O5. The van der Waals surface area contributed by atoms with E-state index in [0.717, 1.165) is 41.5 Å². The van der Waals surface area contributed by atoms with Gasteiger partial charge in [0.2, 0.25) is 11.8 Å². The largest absolute Gasteiger partial charge is 0.444 e. The molecule has 1 fully saturated rings. The maximum atomic E-state index is 14.9. The normalized spacial score (nSPS) is 21.1. The Morgan fingerprint density at radius 2 is 1.51 bits per heavy atom. The highest BCUT2D eigenvalue weighted by molar-refractivity contribution is 5.95. The third-order valence-corrected chi connectivity index (χ3v) is 11.4. The molecule has 4 amide bonds. The summed E-state index contributed by atoms with van der Waals surface area (Å²) in [6.07, 6.45) is 2.88. The first-order valence-electron chi connectivity index (χ1n) is 20.0. The van der Waals surface area contributed by atoms with Gasteiger partial charge in [-0.2, -0.15) is 0 Å². The Morgan fingerprint density at radius 3 is 2.25 bits per heavy atom. The lowest BCUT2D eigenvalue weighted by molar-refractivity contribution is -0.128. The predicted octanol–water partition coefficient (Wildman–Crippen LogP) is 6.93. The summed E-state index contributed by atoms with van der Waals surface area (Å²) < 4.78 is 20.6.